The summed E-state index contributed by atoms with van der Waals surface area (Å²) in [5.74, 6) is -1.17. The molecule has 30 heavy (non-hydrogen) atoms. The van der Waals surface area contributed by atoms with Gasteiger partial charge in [-0.25, -0.2) is 14.6 Å². The van der Waals surface area contributed by atoms with E-state index in [-0.39, 0.29) is 29.1 Å². The predicted molar refractivity (Wildman–Crippen MR) is 102 cm³/mol. The number of amides is 2. The van der Waals surface area contributed by atoms with Crippen LogP contribution in [-0.4, -0.2) is 40.1 Å². The van der Waals surface area contributed by atoms with Gasteiger partial charge in [-0.05, 0) is 54.4 Å². The molecule has 3 atom stereocenters. The number of hydrogen-bond donors (Lipinski definition) is 2. The maximum atomic E-state index is 13.3. The SMILES string of the molecule is O=C(O)c1cccnc1NC(=O)N1CC2CC(c3ccccc3C(F)(F)F)C[C@@H]2C1. The van der Waals surface area contributed by atoms with Gasteiger partial charge in [0, 0.05) is 19.3 Å². The van der Waals surface area contributed by atoms with Gasteiger partial charge in [-0.2, -0.15) is 13.2 Å². The number of halogens is 3. The van der Waals surface area contributed by atoms with Crippen molar-refractivity contribution in [3.05, 3.63) is 59.3 Å². The zero-order chi connectivity index (χ0) is 21.5. The van der Waals surface area contributed by atoms with E-state index in [2.05, 4.69) is 10.3 Å². The average molecular weight is 419 g/mol. The minimum absolute atomic E-state index is 0.0240. The molecule has 0 radical (unpaired) electrons. The molecule has 6 nitrogen and oxygen atoms in total. The molecule has 4 rings (SSSR count). The standard InChI is InChI=1S/C21H20F3N3O3/c22-21(23,24)17-6-2-1-4-15(17)12-8-13-10-27(11-14(13)9-12)20(30)26-18-16(19(28)29)5-3-7-25-18/h1-7,12-14H,8-11H2,(H,28,29)(H,25,26,30)/t12?,13-,14?/m1/s1. The highest BCUT2D eigenvalue weighted by atomic mass is 19.4. The van der Waals surface area contributed by atoms with Crippen LogP contribution in [0.3, 0.4) is 0 Å². The average Bonchev–Trinajstić information content (AvgIpc) is 3.27. The molecule has 2 N–H and O–H groups in total. The Labute approximate surface area is 170 Å². The van der Waals surface area contributed by atoms with Crippen LogP contribution in [0.4, 0.5) is 23.8 Å². The highest BCUT2D eigenvalue weighted by molar-refractivity contribution is 5.98. The molecule has 158 valence electrons. The first-order valence-electron chi connectivity index (χ1n) is 9.64. The second kappa shape index (κ2) is 7.62. The van der Waals surface area contributed by atoms with Crippen LogP contribution >= 0.6 is 0 Å². The Morgan fingerprint density at radius 3 is 2.37 bits per heavy atom. The zero-order valence-corrected chi connectivity index (χ0v) is 15.9. The number of rotatable bonds is 3. The van der Waals surface area contributed by atoms with Gasteiger partial charge in [0.15, 0.2) is 0 Å². The first kappa shape index (κ1) is 20.2. The van der Waals surface area contributed by atoms with Crippen LogP contribution in [0.2, 0.25) is 0 Å². The molecule has 2 unspecified atom stereocenters. The van der Waals surface area contributed by atoms with E-state index >= 15 is 0 Å². The minimum atomic E-state index is -4.38. The summed E-state index contributed by atoms with van der Waals surface area (Å²) < 4.78 is 40.0. The van der Waals surface area contributed by atoms with Crippen molar-refractivity contribution in [3.8, 4) is 0 Å². The molecule has 1 aromatic heterocycles. The number of aromatic carboxylic acids is 1. The molecule has 2 aliphatic rings. The number of carbonyl (C=O) groups is 2. The van der Waals surface area contributed by atoms with Crippen molar-refractivity contribution in [1.82, 2.24) is 9.88 Å². The van der Waals surface area contributed by atoms with E-state index in [1.54, 1.807) is 17.0 Å². The number of carboxylic acids is 1. The summed E-state index contributed by atoms with van der Waals surface area (Å²) >= 11 is 0. The van der Waals surface area contributed by atoms with E-state index in [1.165, 1.54) is 24.4 Å². The lowest BCUT2D eigenvalue weighted by atomic mass is 9.91. The van der Waals surface area contributed by atoms with E-state index in [0.29, 0.717) is 31.5 Å². The lowest BCUT2D eigenvalue weighted by molar-refractivity contribution is -0.138. The lowest BCUT2D eigenvalue weighted by Gasteiger charge is -2.22. The lowest BCUT2D eigenvalue weighted by Crippen LogP contribution is -2.34. The van der Waals surface area contributed by atoms with Crippen LogP contribution in [-0.2, 0) is 6.18 Å². The minimum Gasteiger partial charge on any atom is -0.478 e. The number of hydrogen-bond acceptors (Lipinski definition) is 3. The number of aromatic nitrogens is 1. The van der Waals surface area contributed by atoms with E-state index in [9.17, 15) is 27.9 Å². The molecule has 1 aliphatic heterocycles. The third-order valence-electron chi connectivity index (χ3n) is 6.01. The molecule has 1 aliphatic carbocycles. The fraction of sp³-hybridized carbons (Fsp3) is 0.381. The van der Waals surface area contributed by atoms with E-state index in [1.807, 2.05) is 0 Å². The summed E-state index contributed by atoms with van der Waals surface area (Å²) in [5.41, 5.74) is -0.357. The molecule has 2 fully saturated rings. The predicted octanol–water partition coefficient (Wildman–Crippen LogP) is 4.46. The Balaban J connectivity index is 1.42. The maximum absolute atomic E-state index is 13.3. The molecule has 2 aromatic rings. The first-order chi connectivity index (χ1) is 14.2. The van der Waals surface area contributed by atoms with Crippen molar-refractivity contribution in [2.75, 3.05) is 18.4 Å². The molecule has 9 heteroatoms. The number of benzene rings is 1. The van der Waals surface area contributed by atoms with Gasteiger partial charge in [-0.3, -0.25) is 5.32 Å². The third-order valence-corrected chi connectivity index (χ3v) is 6.01. The molecule has 1 saturated carbocycles. The van der Waals surface area contributed by atoms with Crippen molar-refractivity contribution in [2.45, 2.75) is 24.9 Å². The number of nitrogens with zero attached hydrogens (tertiary/aromatic N) is 2. The maximum Gasteiger partial charge on any atom is 0.416 e. The Morgan fingerprint density at radius 1 is 1.07 bits per heavy atom. The van der Waals surface area contributed by atoms with Crippen molar-refractivity contribution in [2.24, 2.45) is 11.8 Å². The fourth-order valence-corrected chi connectivity index (χ4v) is 4.69. The summed E-state index contributed by atoms with van der Waals surface area (Å²) in [6.07, 6.45) is -1.81. The highest BCUT2D eigenvalue weighted by Gasteiger charge is 2.45. The van der Waals surface area contributed by atoms with E-state index in [0.717, 1.165) is 6.07 Å². The summed E-state index contributed by atoms with van der Waals surface area (Å²) in [7, 11) is 0. The number of anilines is 1. The number of urea groups is 1. The highest BCUT2D eigenvalue weighted by Crippen LogP contribution is 2.48. The van der Waals surface area contributed by atoms with Crippen LogP contribution in [0.15, 0.2) is 42.6 Å². The van der Waals surface area contributed by atoms with Gasteiger partial charge in [-0.15, -0.1) is 0 Å². The summed E-state index contributed by atoms with van der Waals surface area (Å²) in [6, 6.07) is 8.08. The summed E-state index contributed by atoms with van der Waals surface area (Å²) in [5, 5.41) is 11.7. The van der Waals surface area contributed by atoms with Gasteiger partial charge in [0.1, 0.15) is 11.4 Å². The Kier molecular flexibility index (Phi) is 5.13. The van der Waals surface area contributed by atoms with Gasteiger partial charge < -0.3 is 10.0 Å². The van der Waals surface area contributed by atoms with Crippen LogP contribution in [0.25, 0.3) is 0 Å². The van der Waals surface area contributed by atoms with Gasteiger partial charge in [-0.1, -0.05) is 18.2 Å². The van der Waals surface area contributed by atoms with Crippen molar-refractivity contribution >= 4 is 17.8 Å². The van der Waals surface area contributed by atoms with E-state index in [4.69, 9.17) is 0 Å². The molecule has 0 bridgehead atoms. The topological polar surface area (TPSA) is 82.5 Å². The van der Waals surface area contributed by atoms with Crippen LogP contribution in [0.1, 0.15) is 40.2 Å². The van der Waals surface area contributed by atoms with Crippen LogP contribution in [0.5, 0.6) is 0 Å². The molecule has 1 aromatic carbocycles. The molecule has 2 heterocycles. The van der Waals surface area contributed by atoms with Gasteiger partial charge in [0.25, 0.3) is 0 Å². The number of carboxylic acid groups (broad SMARTS) is 1. The quantitative estimate of drug-likeness (QED) is 0.770. The molecule has 2 amide bonds. The second-order valence-electron chi connectivity index (χ2n) is 7.81. The first-order valence-corrected chi connectivity index (χ1v) is 9.64. The normalized spacial score (nSPS) is 23.3. The Bertz CT molecular complexity index is 965. The number of fused-ring (bicyclic) bond motifs is 1. The number of pyridine rings is 1. The Morgan fingerprint density at radius 2 is 1.73 bits per heavy atom. The molecular formula is C21H20F3N3O3. The number of alkyl halides is 3. The van der Waals surface area contributed by atoms with E-state index < -0.39 is 23.7 Å². The second-order valence-corrected chi connectivity index (χ2v) is 7.81. The van der Waals surface area contributed by atoms with Crippen molar-refractivity contribution in [3.63, 3.8) is 0 Å². The summed E-state index contributed by atoms with van der Waals surface area (Å²) in [6.45, 7) is 0.854. The van der Waals surface area contributed by atoms with Crippen molar-refractivity contribution in [1.29, 1.82) is 0 Å². The number of likely N-dealkylation sites (tertiary alicyclic amines) is 1. The smallest absolute Gasteiger partial charge is 0.416 e. The van der Waals surface area contributed by atoms with Gasteiger partial charge in [0.2, 0.25) is 0 Å². The van der Waals surface area contributed by atoms with Crippen molar-refractivity contribution < 1.29 is 27.9 Å². The van der Waals surface area contributed by atoms with Gasteiger partial charge >= 0.3 is 18.2 Å². The molecule has 1 saturated heterocycles. The largest absolute Gasteiger partial charge is 0.478 e. The fourth-order valence-electron chi connectivity index (χ4n) is 4.69. The number of nitrogens with one attached hydrogen (secondary N) is 1. The summed E-state index contributed by atoms with van der Waals surface area (Å²) in [4.78, 5) is 29.4. The Hall–Kier alpha value is -3.10. The zero-order valence-electron chi connectivity index (χ0n) is 15.9. The molecule has 0 spiro atoms. The molecular weight excluding hydrogens is 399 g/mol. The monoisotopic (exact) mass is 419 g/mol. The van der Waals surface area contributed by atoms with Gasteiger partial charge in [0.05, 0.1) is 5.56 Å². The van der Waals surface area contributed by atoms with Crippen LogP contribution < -0.4 is 5.32 Å². The third kappa shape index (κ3) is 3.83. The number of carbonyl (C=O) groups excluding carboxylic acids is 1. The van der Waals surface area contributed by atoms with Crippen LogP contribution in [0, 0.1) is 11.8 Å².